The lowest BCUT2D eigenvalue weighted by molar-refractivity contribution is -0.142. The van der Waals surface area contributed by atoms with Crippen molar-refractivity contribution in [3.05, 3.63) is 29.8 Å². The summed E-state index contributed by atoms with van der Waals surface area (Å²) in [6.45, 7) is 4.88. The third-order valence-electron chi connectivity index (χ3n) is 3.36. The highest BCUT2D eigenvalue weighted by Gasteiger charge is 2.42. The molecule has 2 atom stereocenters. The van der Waals surface area contributed by atoms with Crippen LogP contribution in [0.25, 0.3) is 0 Å². The maximum absolute atomic E-state index is 13.6. The molecule has 2 rings (SSSR count). The van der Waals surface area contributed by atoms with Crippen LogP contribution in [0, 0.1) is 11.6 Å². The zero-order valence-electron chi connectivity index (χ0n) is 13.6. The predicted octanol–water partition coefficient (Wildman–Crippen LogP) is 2.81. The van der Waals surface area contributed by atoms with E-state index in [4.69, 9.17) is 9.47 Å². The van der Waals surface area contributed by atoms with Crippen LogP contribution in [-0.4, -0.2) is 46.4 Å². The summed E-state index contributed by atoms with van der Waals surface area (Å²) in [5.41, 5.74) is -0.784. The van der Waals surface area contributed by atoms with E-state index in [1.54, 1.807) is 20.8 Å². The number of likely N-dealkylation sites (tertiary alicyclic amines) is 1. The van der Waals surface area contributed by atoms with Crippen LogP contribution in [0.1, 0.15) is 27.2 Å². The molecule has 0 aliphatic carbocycles. The van der Waals surface area contributed by atoms with E-state index in [-0.39, 0.29) is 18.7 Å². The molecule has 1 N–H and O–H groups in total. The lowest BCUT2D eigenvalue weighted by Crippen LogP contribution is -2.43. The van der Waals surface area contributed by atoms with Crippen LogP contribution >= 0.6 is 0 Å². The fraction of sp³-hybridized carbons (Fsp3) is 0.500. The fourth-order valence-corrected chi connectivity index (χ4v) is 2.39. The Kier molecular flexibility index (Phi) is 4.96. The van der Waals surface area contributed by atoms with Gasteiger partial charge >= 0.3 is 12.1 Å². The number of nitrogens with zero attached hydrogens (tertiary/aromatic N) is 1. The zero-order valence-corrected chi connectivity index (χ0v) is 13.6. The average molecular weight is 343 g/mol. The Hall–Kier alpha value is -2.38. The van der Waals surface area contributed by atoms with Crippen molar-refractivity contribution in [2.24, 2.45) is 0 Å². The van der Waals surface area contributed by atoms with Gasteiger partial charge in [0.2, 0.25) is 0 Å². The summed E-state index contributed by atoms with van der Waals surface area (Å²) in [6.07, 6.45) is -1.62. The number of halogens is 2. The average Bonchev–Trinajstić information content (AvgIpc) is 2.85. The van der Waals surface area contributed by atoms with E-state index in [1.807, 2.05) is 0 Å². The van der Waals surface area contributed by atoms with E-state index in [9.17, 15) is 23.5 Å². The molecular formula is C16H19F2NO5. The molecule has 0 radical (unpaired) electrons. The number of carboxylic acid groups (broad SMARTS) is 1. The second-order valence-electron chi connectivity index (χ2n) is 6.54. The number of hydrogen-bond donors (Lipinski definition) is 1. The fourth-order valence-electron chi connectivity index (χ4n) is 2.39. The molecular weight excluding hydrogens is 324 g/mol. The normalized spacial score (nSPS) is 20.8. The number of carbonyl (C=O) groups excluding carboxylic acids is 1. The number of carboxylic acids is 1. The second kappa shape index (κ2) is 6.62. The molecule has 24 heavy (non-hydrogen) atoms. The van der Waals surface area contributed by atoms with Gasteiger partial charge in [-0.1, -0.05) is 0 Å². The first-order valence-corrected chi connectivity index (χ1v) is 7.41. The van der Waals surface area contributed by atoms with Crippen LogP contribution in [-0.2, 0) is 9.53 Å². The lowest BCUT2D eigenvalue weighted by atomic mass is 10.2. The van der Waals surface area contributed by atoms with Crippen LogP contribution in [0.3, 0.4) is 0 Å². The Labute approximate surface area is 138 Å². The Morgan fingerprint density at radius 2 is 1.96 bits per heavy atom. The first-order valence-electron chi connectivity index (χ1n) is 7.41. The maximum atomic E-state index is 13.6. The van der Waals surface area contributed by atoms with Crippen molar-refractivity contribution in [3.8, 4) is 5.75 Å². The minimum atomic E-state index is -1.22. The minimum absolute atomic E-state index is 0.0511. The SMILES string of the molecule is CC(C)(C)OC(=O)N1C[C@@H](Oc2cc(F)ccc2F)C[C@H]1C(=O)O. The topological polar surface area (TPSA) is 76.1 Å². The summed E-state index contributed by atoms with van der Waals surface area (Å²) in [6, 6.07) is 1.59. The molecule has 1 aromatic rings. The number of carbonyl (C=O) groups is 2. The van der Waals surface area contributed by atoms with Crippen LogP contribution < -0.4 is 4.74 Å². The van der Waals surface area contributed by atoms with Crippen molar-refractivity contribution in [2.45, 2.75) is 44.9 Å². The Bertz CT molecular complexity index is 644. The van der Waals surface area contributed by atoms with Gasteiger partial charge in [0.1, 0.15) is 23.6 Å². The van der Waals surface area contributed by atoms with Gasteiger partial charge in [-0.15, -0.1) is 0 Å². The molecule has 1 aromatic carbocycles. The second-order valence-corrected chi connectivity index (χ2v) is 6.54. The van der Waals surface area contributed by atoms with Gasteiger partial charge in [-0.3, -0.25) is 4.90 Å². The molecule has 0 aromatic heterocycles. The van der Waals surface area contributed by atoms with Gasteiger partial charge in [0.25, 0.3) is 0 Å². The van der Waals surface area contributed by atoms with Gasteiger partial charge in [-0.25, -0.2) is 18.4 Å². The molecule has 0 spiro atoms. The van der Waals surface area contributed by atoms with Crippen molar-refractivity contribution < 1.29 is 33.0 Å². The van der Waals surface area contributed by atoms with Gasteiger partial charge in [0, 0.05) is 12.5 Å². The highest BCUT2D eigenvalue weighted by atomic mass is 19.1. The molecule has 8 heteroatoms. The van der Waals surface area contributed by atoms with Crippen molar-refractivity contribution in [1.82, 2.24) is 4.90 Å². The van der Waals surface area contributed by atoms with Crippen molar-refractivity contribution in [2.75, 3.05) is 6.54 Å². The number of rotatable bonds is 3. The molecule has 1 fully saturated rings. The number of hydrogen-bond acceptors (Lipinski definition) is 4. The number of ether oxygens (including phenoxy) is 2. The molecule has 132 valence electrons. The zero-order chi connectivity index (χ0) is 18.1. The van der Waals surface area contributed by atoms with Gasteiger partial charge in [0.05, 0.1) is 6.54 Å². The van der Waals surface area contributed by atoms with Crippen molar-refractivity contribution >= 4 is 12.1 Å². The van der Waals surface area contributed by atoms with Crippen molar-refractivity contribution in [3.63, 3.8) is 0 Å². The number of amides is 1. The summed E-state index contributed by atoms with van der Waals surface area (Å²) in [7, 11) is 0. The lowest BCUT2D eigenvalue weighted by Gasteiger charge is -2.26. The number of benzene rings is 1. The first kappa shape index (κ1) is 18.0. The monoisotopic (exact) mass is 343 g/mol. The molecule has 1 heterocycles. The summed E-state index contributed by atoms with van der Waals surface area (Å²) in [5.74, 6) is -2.98. The number of aliphatic carboxylic acids is 1. The molecule has 0 bridgehead atoms. The quantitative estimate of drug-likeness (QED) is 0.913. The van der Waals surface area contributed by atoms with Crippen LogP contribution in [0.2, 0.25) is 0 Å². The van der Waals surface area contributed by atoms with E-state index in [0.717, 1.165) is 23.1 Å². The molecule has 6 nitrogen and oxygen atoms in total. The van der Waals surface area contributed by atoms with Gasteiger partial charge in [-0.05, 0) is 32.9 Å². The van der Waals surface area contributed by atoms with Crippen LogP contribution in [0.15, 0.2) is 18.2 Å². The van der Waals surface area contributed by atoms with Crippen LogP contribution in [0.4, 0.5) is 13.6 Å². The summed E-state index contributed by atoms with van der Waals surface area (Å²) in [4.78, 5) is 24.5. The Morgan fingerprint density at radius 1 is 1.29 bits per heavy atom. The van der Waals surface area contributed by atoms with E-state index < -0.39 is 41.4 Å². The highest BCUT2D eigenvalue weighted by Crippen LogP contribution is 2.27. The van der Waals surface area contributed by atoms with Crippen LogP contribution in [0.5, 0.6) is 5.75 Å². The van der Waals surface area contributed by atoms with E-state index in [2.05, 4.69) is 0 Å². The highest BCUT2D eigenvalue weighted by molar-refractivity contribution is 5.81. The first-order chi connectivity index (χ1) is 11.1. The minimum Gasteiger partial charge on any atom is -0.485 e. The van der Waals surface area contributed by atoms with Gasteiger partial charge in [-0.2, -0.15) is 0 Å². The standard InChI is InChI=1S/C16H19F2NO5/c1-16(2,3)24-15(22)19-8-10(7-12(19)14(20)21)23-13-6-9(17)4-5-11(13)18/h4-6,10,12H,7-8H2,1-3H3,(H,20,21)/t10-,12-/m0/s1. The Morgan fingerprint density at radius 3 is 2.54 bits per heavy atom. The summed E-state index contributed by atoms with van der Waals surface area (Å²) in [5, 5.41) is 9.27. The van der Waals surface area contributed by atoms with E-state index in [0.29, 0.717) is 0 Å². The maximum Gasteiger partial charge on any atom is 0.411 e. The van der Waals surface area contributed by atoms with E-state index in [1.165, 1.54) is 0 Å². The van der Waals surface area contributed by atoms with Gasteiger partial charge < -0.3 is 14.6 Å². The van der Waals surface area contributed by atoms with Crippen molar-refractivity contribution in [1.29, 1.82) is 0 Å². The Balaban J connectivity index is 2.13. The van der Waals surface area contributed by atoms with Gasteiger partial charge in [0.15, 0.2) is 11.6 Å². The molecule has 1 aliphatic heterocycles. The molecule has 0 saturated carbocycles. The molecule has 0 unspecified atom stereocenters. The molecule has 1 aliphatic rings. The third-order valence-corrected chi connectivity index (χ3v) is 3.36. The molecule has 1 amide bonds. The largest absolute Gasteiger partial charge is 0.485 e. The summed E-state index contributed by atoms with van der Waals surface area (Å²) >= 11 is 0. The summed E-state index contributed by atoms with van der Waals surface area (Å²) < 4.78 is 37.4. The molecule has 1 saturated heterocycles. The smallest absolute Gasteiger partial charge is 0.411 e. The third kappa shape index (κ3) is 4.33. The predicted molar refractivity (Wildman–Crippen MR) is 79.8 cm³/mol. The van der Waals surface area contributed by atoms with E-state index >= 15 is 0 Å².